The molecule has 2 heterocycles. The van der Waals surface area contributed by atoms with Crippen molar-refractivity contribution in [2.75, 3.05) is 0 Å². The first-order chi connectivity index (χ1) is 22.3. The van der Waals surface area contributed by atoms with Crippen LogP contribution in [0.2, 0.25) is 0 Å². The molecule has 1 atom stereocenters. The molecule has 3 nitrogen and oxygen atoms in total. The molecule has 212 valence electrons. The van der Waals surface area contributed by atoms with E-state index in [0.717, 1.165) is 45.2 Å². The molecule has 8 aromatic rings. The molecule has 1 aliphatic rings. The van der Waals surface area contributed by atoms with Gasteiger partial charge in [0.15, 0.2) is 5.65 Å². The summed E-state index contributed by atoms with van der Waals surface area (Å²) in [5.74, 6) is 0.291. The van der Waals surface area contributed by atoms with Crippen LogP contribution in [0.25, 0.3) is 60.7 Å². The van der Waals surface area contributed by atoms with Crippen molar-refractivity contribution in [3.05, 3.63) is 174 Å². The van der Waals surface area contributed by atoms with Crippen molar-refractivity contribution < 1.29 is 0 Å². The van der Waals surface area contributed by atoms with Gasteiger partial charge < -0.3 is 0 Å². The van der Waals surface area contributed by atoms with Crippen molar-refractivity contribution >= 4 is 55.0 Å². The van der Waals surface area contributed by atoms with E-state index in [0.29, 0.717) is 5.92 Å². The summed E-state index contributed by atoms with van der Waals surface area (Å²) >= 11 is 0. The quantitative estimate of drug-likeness (QED) is 0.209. The van der Waals surface area contributed by atoms with E-state index < -0.39 is 0 Å². The maximum atomic E-state index is 5.21. The molecule has 0 radical (unpaired) electrons. The molecule has 0 saturated heterocycles. The Bertz CT molecular complexity index is 2450. The van der Waals surface area contributed by atoms with E-state index in [1.165, 1.54) is 38.6 Å². The van der Waals surface area contributed by atoms with Crippen LogP contribution in [0.15, 0.2) is 158 Å². The fourth-order valence-electron chi connectivity index (χ4n) is 6.87. The molecule has 0 amide bonds. The molecular formula is C42H29N3. The summed E-state index contributed by atoms with van der Waals surface area (Å²) in [6.45, 7) is 0. The first kappa shape index (κ1) is 25.7. The standard InChI is InChI=1S/C42H29N3/c1-3-11-28(12-4-1)33-23-34(29-13-5-2-6-14-29)25-35(24-33)32-20-22-40-37(27-32)41-42(44-39-18-10-9-17-38(39)43-41)45(40)36-21-19-30-15-7-8-16-31(30)26-36/h1-24,26-27,34H,25H2. The lowest BCUT2D eigenvalue weighted by Gasteiger charge is -2.23. The van der Waals surface area contributed by atoms with Gasteiger partial charge in [0.1, 0.15) is 5.52 Å². The second-order valence-corrected chi connectivity index (χ2v) is 11.9. The number of hydrogen-bond donors (Lipinski definition) is 0. The highest BCUT2D eigenvalue weighted by molar-refractivity contribution is 6.09. The molecule has 0 saturated carbocycles. The normalized spacial score (nSPS) is 15.1. The van der Waals surface area contributed by atoms with E-state index in [1.807, 2.05) is 18.2 Å². The van der Waals surface area contributed by atoms with Gasteiger partial charge in [-0.1, -0.05) is 121 Å². The maximum absolute atomic E-state index is 5.21. The predicted molar refractivity (Wildman–Crippen MR) is 188 cm³/mol. The van der Waals surface area contributed by atoms with Crippen LogP contribution in [-0.2, 0) is 0 Å². The third-order valence-corrected chi connectivity index (χ3v) is 9.10. The second kappa shape index (κ2) is 10.4. The third-order valence-electron chi connectivity index (χ3n) is 9.10. The molecule has 0 aliphatic heterocycles. The fraction of sp³-hybridized carbons (Fsp3) is 0.0476. The van der Waals surface area contributed by atoms with Crippen LogP contribution >= 0.6 is 0 Å². The van der Waals surface area contributed by atoms with Crippen LogP contribution in [-0.4, -0.2) is 14.5 Å². The minimum Gasteiger partial charge on any atom is -0.293 e. The first-order valence-corrected chi connectivity index (χ1v) is 15.5. The van der Waals surface area contributed by atoms with E-state index in [4.69, 9.17) is 9.97 Å². The van der Waals surface area contributed by atoms with E-state index in [9.17, 15) is 0 Å². The lowest BCUT2D eigenvalue weighted by molar-refractivity contribution is 0.871. The largest absolute Gasteiger partial charge is 0.293 e. The number of benzene rings is 6. The molecule has 6 aromatic carbocycles. The van der Waals surface area contributed by atoms with Crippen molar-refractivity contribution in [2.24, 2.45) is 0 Å². The SMILES string of the molecule is C1=C(c2ccccc2)C=C(c2ccc3c(c2)c2nc4ccccc4nc2n3-c2ccc3ccccc3c2)CC1c1ccccc1. The van der Waals surface area contributed by atoms with Gasteiger partial charge in [-0.05, 0) is 81.4 Å². The van der Waals surface area contributed by atoms with Gasteiger partial charge in [-0.25, -0.2) is 9.97 Å². The smallest absolute Gasteiger partial charge is 0.165 e. The minimum atomic E-state index is 0.291. The number of aromatic nitrogens is 3. The molecule has 9 rings (SSSR count). The van der Waals surface area contributed by atoms with Gasteiger partial charge in [-0.15, -0.1) is 0 Å². The van der Waals surface area contributed by atoms with Gasteiger partial charge in [0.2, 0.25) is 0 Å². The summed E-state index contributed by atoms with van der Waals surface area (Å²) in [6.07, 6.45) is 5.74. The van der Waals surface area contributed by atoms with E-state index in [1.54, 1.807) is 0 Å². The maximum Gasteiger partial charge on any atom is 0.165 e. The Morgan fingerprint density at radius 3 is 2.11 bits per heavy atom. The molecule has 0 spiro atoms. The van der Waals surface area contributed by atoms with Crippen molar-refractivity contribution in [3.63, 3.8) is 0 Å². The van der Waals surface area contributed by atoms with Crippen molar-refractivity contribution in [1.82, 2.24) is 14.5 Å². The Kier molecular flexibility index (Phi) is 5.95. The van der Waals surface area contributed by atoms with Crippen LogP contribution in [0.5, 0.6) is 0 Å². The second-order valence-electron chi connectivity index (χ2n) is 11.9. The van der Waals surface area contributed by atoms with E-state index in [-0.39, 0.29) is 0 Å². The topological polar surface area (TPSA) is 30.7 Å². The van der Waals surface area contributed by atoms with Gasteiger partial charge in [0.05, 0.1) is 16.6 Å². The minimum absolute atomic E-state index is 0.291. The van der Waals surface area contributed by atoms with Crippen LogP contribution in [0.4, 0.5) is 0 Å². The highest BCUT2D eigenvalue weighted by Gasteiger charge is 2.22. The average molecular weight is 576 g/mol. The average Bonchev–Trinajstić information content (AvgIpc) is 3.43. The number of hydrogen-bond acceptors (Lipinski definition) is 2. The first-order valence-electron chi connectivity index (χ1n) is 15.5. The van der Waals surface area contributed by atoms with Crippen molar-refractivity contribution in [2.45, 2.75) is 12.3 Å². The van der Waals surface area contributed by atoms with E-state index >= 15 is 0 Å². The predicted octanol–water partition coefficient (Wildman–Crippen LogP) is 10.5. The molecule has 2 aromatic heterocycles. The van der Waals surface area contributed by atoms with Crippen LogP contribution in [0.3, 0.4) is 0 Å². The molecule has 1 aliphatic carbocycles. The summed E-state index contributed by atoms with van der Waals surface area (Å²) in [6, 6.07) is 51.7. The Hall–Kier alpha value is -5.80. The highest BCUT2D eigenvalue weighted by atomic mass is 15.1. The number of para-hydroxylation sites is 2. The number of nitrogens with zero attached hydrogens (tertiary/aromatic N) is 3. The summed E-state index contributed by atoms with van der Waals surface area (Å²) < 4.78 is 2.28. The summed E-state index contributed by atoms with van der Waals surface area (Å²) in [7, 11) is 0. The summed E-state index contributed by atoms with van der Waals surface area (Å²) in [5.41, 5.74) is 12.2. The zero-order chi connectivity index (χ0) is 29.7. The molecule has 3 heteroatoms. The van der Waals surface area contributed by atoms with Crippen LogP contribution in [0.1, 0.15) is 29.0 Å². The monoisotopic (exact) mass is 575 g/mol. The van der Waals surface area contributed by atoms with Gasteiger partial charge in [0, 0.05) is 17.0 Å². The molecule has 45 heavy (non-hydrogen) atoms. The lowest BCUT2D eigenvalue weighted by atomic mass is 9.81. The number of allylic oxidation sites excluding steroid dienone is 4. The molecule has 0 bridgehead atoms. The highest BCUT2D eigenvalue weighted by Crippen LogP contribution is 2.41. The van der Waals surface area contributed by atoms with Gasteiger partial charge >= 0.3 is 0 Å². The third kappa shape index (κ3) is 4.44. The number of fused-ring (bicyclic) bond motifs is 5. The Morgan fingerprint density at radius 1 is 0.578 bits per heavy atom. The Balaban J connectivity index is 1.26. The van der Waals surface area contributed by atoms with Crippen molar-refractivity contribution in [3.8, 4) is 5.69 Å². The van der Waals surface area contributed by atoms with E-state index in [2.05, 4.69) is 144 Å². The Labute approximate surface area is 261 Å². The fourth-order valence-corrected chi connectivity index (χ4v) is 6.87. The molecule has 1 unspecified atom stereocenters. The zero-order valence-corrected chi connectivity index (χ0v) is 24.6. The summed E-state index contributed by atoms with van der Waals surface area (Å²) in [5, 5.41) is 3.54. The zero-order valence-electron chi connectivity index (χ0n) is 24.6. The number of rotatable bonds is 4. The molecule has 0 N–H and O–H groups in total. The lowest BCUT2D eigenvalue weighted by Crippen LogP contribution is -2.04. The summed E-state index contributed by atoms with van der Waals surface area (Å²) in [4.78, 5) is 10.4. The van der Waals surface area contributed by atoms with Gasteiger partial charge in [0.25, 0.3) is 0 Å². The molecular weight excluding hydrogens is 546 g/mol. The van der Waals surface area contributed by atoms with Gasteiger partial charge in [-0.2, -0.15) is 0 Å². The van der Waals surface area contributed by atoms with Crippen LogP contribution < -0.4 is 0 Å². The van der Waals surface area contributed by atoms with Crippen LogP contribution in [0, 0.1) is 0 Å². The van der Waals surface area contributed by atoms with Gasteiger partial charge in [-0.3, -0.25) is 4.57 Å². The Morgan fingerprint density at radius 2 is 1.29 bits per heavy atom. The molecule has 0 fully saturated rings. The van der Waals surface area contributed by atoms with Crippen molar-refractivity contribution in [1.29, 1.82) is 0 Å².